The van der Waals surface area contributed by atoms with Gasteiger partial charge in [-0.2, -0.15) is 4.52 Å². The molecular weight excluding hydrogens is 222 g/mol. The zero-order valence-electron chi connectivity index (χ0n) is 8.16. The molecule has 78 valence electrons. The zero-order chi connectivity index (χ0) is 11.1. The van der Waals surface area contributed by atoms with Crippen molar-refractivity contribution in [3.63, 3.8) is 0 Å². The first-order chi connectivity index (χ1) is 7.77. The highest BCUT2D eigenvalue weighted by atomic mass is 32.1. The number of tetrazole rings is 1. The van der Waals surface area contributed by atoms with Crippen LogP contribution >= 0.6 is 12.2 Å². The van der Waals surface area contributed by atoms with Gasteiger partial charge in [-0.15, -0.1) is 5.10 Å². The van der Waals surface area contributed by atoms with Crippen molar-refractivity contribution in [2.24, 2.45) is 5.73 Å². The Labute approximate surface area is 95.9 Å². The van der Waals surface area contributed by atoms with Crippen molar-refractivity contribution in [2.45, 2.75) is 0 Å². The molecule has 0 amide bonds. The number of thiocarbonyl (C=S) groups is 1. The van der Waals surface area contributed by atoms with E-state index in [2.05, 4.69) is 15.5 Å². The number of aromatic nitrogens is 4. The first kappa shape index (κ1) is 9.17. The molecule has 2 aromatic heterocycles. The van der Waals surface area contributed by atoms with Crippen LogP contribution in [0.2, 0.25) is 0 Å². The second-order valence-corrected chi connectivity index (χ2v) is 3.84. The van der Waals surface area contributed by atoms with E-state index in [-0.39, 0.29) is 0 Å². The van der Waals surface area contributed by atoms with E-state index < -0.39 is 0 Å². The van der Waals surface area contributed by atoms with Gasteiger partial charge in [0.05, 0.1) is 11.1 Å². The van der Waals surface area contributed by atoms with Crippen molar-refractivity contribution in [1.29, 1.82) is 0 Å². The van der Waals surface area contributed by atoms with Gasteiger partial charge in [0.25, 0.3) is 0 Å². The third-order valence-electron chi connectivity index (χ3n) is 2.44. The number of nitrogens with zero attached hydrogens (tertiary/aromatic N) is 4. The third kappa shape index (κ3) is 1.17. The fourth-order valence-corrected chi connectivity index (χ4v) is 1.87. The molecule has 0 spiro atoms. The van der Waals surface area contributed by atoms with Crippen LogP contribution in [0.5, 0.6) is 0 Å². The predicted octanol–water partition coefficient (Wildman–Crippen LogP) is 0.912. The second-order valence-electron chi connectivity index (χ2n) is 3.40. The normalized spacial score (nSPS) is 11.0. The molecule has 0 saturated carbocycles. The summed E-state index contributed by atoms with van der Waals surface area (Å²) in [6.07, 6.45) is 0. The number of rotatable bonds is 1. The lowest BCUT2D eigenvalue weighted by Crippen LogP contribution is -2.11. The monoisotopic (exact) mass is 229 g/mol. The average molecular weight is 229 g/mol. The second kappa shape index (κ2) is 3.21. The Kier molecular flexibility index (Phi) is 1.84. The van der Waals surface area contributed by atoms with Gasteiger partial charge in [-0.3, -0.25) is 0 Å². The summed E-state index contributed by atoms with van der Waals surface area (Å²) in [7, 11) is 0. The first-order valence-corrected chi connectivity index (χ1v) is 5.08. The number of para-hydroxylation sites is 1. The predicted molar refractivity (Wildman–Crippen MR) is 64.2 cm³/mol. The Morgan fingerprint density at radius 2 is 2.12 bits per heavy atom. The minimum absolute atomic E-state index is 0.297. The van der Waals surface area contributed by atoms with Crippen LogP contribution in [0.4, 0.5) is 0 Å². The minimum atomic E-state index is 0.297. The van der Waals surface area contributed by atoms with Crippen molar-refractivity contribution in [3.05, 3.63) is 35.9 Å². The molecule has 0 unspecified atom stereocenters. The summed E-state index contributed by atoms with van der Waals surface area (Å²) < 4.78 is 1.64. The largest absolute Gasteiger partial charge is 0.389 e. The van der Waals surface area contributed by atoms with Gasteiger partial charge < -0.3 is 5.73 Å². The molecule has 6 heteroatoms. The highest BCUT2D eigenvalue weighted by Gasteiger charge is 2.10. The van der Waals surface area contributed by atoms with E-state index in [0.29, 0.717) is 16.2 Å². The molecule has 0 fully saturated rings. The minimum Gasteiger partial charge on any atom is -0.389 e. The Bertz CT molecular complexity index is 703. The maximum atomic E-state index is 5.65. The molecule has 0 aliphatic heterocycles. The topological polar surface area (TPSA) is 69.1 Å². The van der Waals surface area contributed by atoms with Crippen LogP contribution in [0, 0.1) is 0 Å². The van der Waals surface area contributed by atoms with E-state index >= 15 is 0 Å². The van der Waals surface area contributed by atoms with Crippen molar-refractivity contribution in [3.8, 4) is 0 Å². The molecule has 2 N–H and O–H groups in total. The van der Waals surface area contributed by atoms with E-state index in [1.54, 1.807) is 4.52 Å². The lowest BCUT2D eigenvalue weighted by Gasteiger charge is -2.03. The van der Waals surface area contributed by atoms with Crippen molar-refractivity contribution in [2.75, 3.05) is 0 Å². The van der Waals surface area contributed by atoms with Crippen LogP contribution in [-0.4, -0.2) is 25.0 Å². The summed E-state index contributed by atoms with van der Waals surface area (Å²) in [6, 6.07) is 9.70. The maximum absolute atomic E-state index is 5.65. The number of benzene rings is 1. The van der Waals surface area contributed by atoms with E-state index in [4.69, 9.17) is 18.0 Å². The van der Waals surface area contributed by atoms with E-state index in [1.807, 2.05) is 30.3 Å². The summed E-state index contributed by atoms with van der Waals surface area (Å²) in [4.78, 5) is 0.297. The SMILES string of the molecule is NC(=S)c1cc2ccccc2n2nnnc12. The quantitative estimate of drug-likeness (QED) is 0.628. The fourth-order valence-electron chi connectivity index (χ4n) is 1.72. The van der Waals surface area contributed by atoms with Crippen molar-refractivity contribution >= 4 is 33.8 Å². The van der Waals surface area contributed by atoms with Gasteiger partial charge in [-0.1, -0.05) is 30.4 Å². The van der Waals surface area contributed by atoms with Crippen LogP contribution in [0.3, 0.4) is 0 Å². The van der Waals surface area contributed by atoms with Crippen LogP contribution in [0.15, 0.2) is 30.3 Å². The molecule has 0 aliphatic rings. The van der Waals surface area contributed by atoms with Gasteiger partial charge in [-0.25, -0.2) is 0 Å². The van der Waals surface area contributed by atoms with Crippen LogP contribution in [0.1, 0.15) is 5.56 Å². The summed E-state index contributed by atoms with van der Waals surface area (Å²) >= 11 is 4.99. The van der Waals surface area contributed by atoms with Crippen LogP contribution in [-0.2, 0) is 0 Å². The molecule has 2 heterocycles. The molecule has 0 bridgehead atoms. The van der Waals surface area contributed by atoms with Gasteiger partial charge in [0.1, 0.15) is 4.99 Å². The Balaban J connectivity index is 2.58. The zero-order valence-corrected chi connectivity index (χ0v) is 8.98. The molecule has 0 radical (unpaired) electrons. The standard InChI is InChI=1S/C10H7N5S/c11-9(16)7-5-6-3-1-2-4-8(6)15-10(7)12-13-14-15/h1-5H,(H2,11,16). The number of pyridine rings is 1. The molecule has 0 aliphatic carbocycles. The molecule has 1 aromatic carbocycles. The first-order valence-electron chi connectivity index (χ1n) is 4.67. The number of fused-ring (bicyclic) bond motifs is 3. The molecule has 5 nitrogen and oxygen atoms in total. The summed E-state index contributed by atoms with van der Waals surface area (Å²) in [5.74, 6) is 0. The van der Waals surface area contributed by atoms with E-state index in [1.165, 1.54) is 0 Å². The number of hydrogen-bond donors (Lipinski definition) is 1. The fraction of sp³-hybridized carbons (Fsp3) is 0. The Morgan fingerprint density at radius 1 is 1.31 bits per heavy atom. The van der Waals surface area contributed by atoms with E-state index in [0.717, 1.165) is 10.9 Å². The molecule has 3 aromatic rings. The summed E-state index contributed by atoms with van der Waals surface area (Å²) in [6.45, 7) is 0. The highest BCUT2D eigenvalue weighted by molar-refractivity contribution is 7.80. The van der Waals surface area contributed by atoms with Gasteiger partial charge in [0.2, 0.25) is 0 Å². The van der Waals surface area contributed by atoms with Gasteiger partial charge in [0, 0.05) is 5.39 Å². The highest BCUT2D eigenvalue weighted by Crippen LogP contribution is 2.18. The van der Waals surface area contributed by atoms with E-state index in [9.17, 15) is 0 Å². The smallest absolute Gasteiger partial charge is 0.190 e. The Hall–Kier alpha value is -2.08. The molecular formula is C10H7N5S. The van der Waals surface area contributed by atoms with Crippen LogP contribution in [0.25, 0.3) is 16.6 Å². The van der Waals surface area contributed by atoms with Gasteiger partial charge >= 0.3 is 0 Å². The van der Waals surface area contributed by atoms with Gasteiger partial charge in [-0.05, 0) is 22.6 Å². The molecule has 16 heavy (non-hydrogen) atoms. The lowest BCUT2D eigenvalue weighted by atomic mass is 10.1. The summed E-state index contributed by atoms with van der Waals surface area (Å²) in [5, 5.41) is 12.5. The van der Waals surface area contributed by atoms with Crippen molar-refractivity contribution in [1.82, 2.24) is 20.0 Å². The molecule has 0 saturated heterocycles. The molecule has 3 rings (SSSR count). The third-order valence-corrected chi connectivity index (χ3v) is 2.66. The van der Waals surface area contributed by atoms with Crippen LogP contribution < -0.4 is 5.73 Å². The van der Waals surface area contributed by atoms with Crippen molar-refractivity contribution < 1.29 is 0 Å². The Morgan fingerprint density at radius 3 is 2.94 bits per heavy atom. The van der Waals surface area contributed by atoms with Gasteiger partial charge in [0.15, 0.2) is 5.65 Å². The lowest BCUT2D eigenvalue weighted by molar-refractivity contribution is 0.841. The number of nitrogens with two attached hydrogens (primary N) is 1. The molecule has 0 atom stereocenters. The number of hydrogen-bond acceptors (Lipinski definition) is 4. The average Bonchev–Trinajstić information content (AvgIpc) is 2.76. The maximum Gasteiger partial charge on any atom is 0.190 e. The summed E-state index contributed by atoms with van der Waals surface area (Å²) in [5.41, 5.74) is 7.87.